The molecule has 1 unspecified atom stereocenters. The van der Waals surface area contributed by atoms with Gasteiger partial charge in [-0.1, -0.05) is 27.7 Å². The van der Waals surface area contributed by atoms with Crippen LogP contribution in [-0.4, -0.2) is 77.2 Å². The SMILES string of the molecule is CC(=O)OC(CC(=O)OC1CCC(Nc2cc(-n3nc(CC(C)C)c4c3CC(C)(C)CC4=O)ccc2C(N)=O)CC1)CN(C)C. The van der Waals surface area contributed by atoms with Crippen LogP contribution in [0.3, 0.4) is 0 Å². The van der Waals surface area contributed by atoms with Crippen LogP contribution in [0.1, 0.15) is 105 Å². The van der Waals surface area contributed by atoms with Crippen molar-refractivity contribution in [3.63, 3.8) is 0 Å². The molecule has 2 aliphatic rings. The number of primary amides is 1. The molecule has 45 heavy (non-hydrogen) atoms. The highest BCUT2D eigenvalue weighted by atomic mass is 16.6. The molecule has 2 aromatic rings. The lowest BCUT2D eigenvalue weighted by Crippen LogP contribution is -2.35. The topological polar surface area (TPSA) is 146 Å². The minimum Gasteiger partial charge on any atom is -0.462 e. The number of aromatic nitrogens is 2. The summed E-state index contributed by atoms with van der Waals surface area (Å²) in [5.41, 5.74) is 9.83. The third-order valence-corrected chi connectivity index (χ3v) is 8.36. The van der Waals surface area contributed by atoms with Crippen molar-refractivity contribution in [2.24, 2.45) is 17.1 Å². The number of carbonyl (C=O) groups excluding carboxylic acids is 4. The van der Waals surface area contributed by atoms with Gasteiger partial charge in [-0.05, 0) is 82.2 Å². The Bertz CT molecular complexity index is 1420. The zero-order chi connectivity index (χ0) is 33.1. The van der Waals surface area contributed by atoms with Crippen molar-refractivity contribution in [1.82, 2.24) is 14.7 Å². The normalized spacial score (nSPS) is 20.1. The van der Waals surface area contributed by atoms with Crippen molar-refractivity contribution in [3.05, 3.63) is 40.7 Å². The quantitative estimate of drug-likeness (QED) is 0.327. The van der Waals surface area contributed by atoms with E-state index in [0.717, 1.165) is 41.9 Å². The van der Waals surface area contributed by atoms with Gasteiger partial charge in [-0.25, -0.2) is 4.68 Å². The Balaban J connectivity index is 1.48. The van der Waals surface area contributed by atoms with Crippen LogP contribution in [-0.2, 0) is 31.9 Å². The summed E-state index contributed by atoms with van der Waals surface area (Å²) in [6.07, 6.45) is 3.90. The first-order valence-electron chi connectivity index (χ1n) is 16.0. The lowest BCUT2D eigenvalue weighted by atomic mass is 9.75. The molecule has 4 rings (SSSR count). The molecule has 1 aromatic heterocycles. The monoisotopic (exact) mass is 623 g/mol. The number of nitrogens with two attached hydrogens (primary N) is 1. The third kappa shape index (κ3) is 8.93. The number of Topliss-reactive ketones (excluding diaryl/α,β-unsaturated/α-hetero) is 1. The van der Waals surface area contributed by atoms with Crippen molar-refractivity contribution in [3.8, 4) is 5.69 Å². The molecule has 0 aliphatic heterocycles. The summed E-state index contributed by atoms with van der Waals surface area (Å²) in [4.78, 5) is 51.6. The maximum absolute atomic E-state index is 13.3. The summed E-state index contributed by atoms with van der Waals surface area (Å²) in [6, 6.07) is 5.48. The molecular weight excluding hydrogens is 574 g/mol. The maximum Gasteiger partial charge on any atom is 0.309 e. The first kappa shape index (κ1) is 34.1. The third-order valence-electron chi connectivity index (χ3n) is 8.36. The molecule has 1 saturated carbocycles. The predicted octanol–water partition coefficient (Wildman–Crippen LogP) is 4.47. The molecule has 1 fully saturated rings. The summed E-state index contributed by atoms with van der Waals surface area (Å²) < 4.78 is 12.9. The van der Waals surface area contributed by atoms with Crippen LogP contribution in [0.15, 0.2) is 18.2 Å². The van der Waals surface area contributed by atoms with Crippen LogP contribution >= 0.6 is 0 Å². The number of carbonyl (C=O) groups is 4. The molecule has 246 valence electrons. The molecule has 3 N–H and O–H groups in total. The minimum absolute atomic E-state index is 0.00347. The highest BCUT2D eigenvalue weighted by Gasteiger charge is 2.37. The van der Waals surface area contributed by atoms with Crippen molar-refractivity contribution in [2.45, 2.75) is 104 Å². The Labute approximate surface area is 266 Å². The van der Waals surface area contributed by atoms with E-state index >= 15 is 0 Å². The number of esters is 2. The number of hydrogen-bond donors (Lipinski definition) is 2. The first-order valence-corrected chi connectivity index (χ1v) is 16.0. The Morgan fingerprint density at radius 3 is 2.42 bits per heavy atom. The molecule has 1 amide bonds. The van der Waals surface area contributed by atoms with E-state index in [1.807, 2.05) is 35.8 Å². The number of hydrogen-bond acceptors (Lipinski definition) is 9. The lowest BCUT2D eigenvalue weighted by molar-refractivity contribution is -0.158. The van der Waals surface area contributed by atoms with Gasteiger partial charge in [0.05, 0.1) is 34.6 Å². The number of nitrogens with zero attached hydrogens (tertiary/aromatic N) is 3. The number of rotatable bonds is 12. The molecule has 0 spiro atoms. The zero-order valence-electron chi connectivity index (χ0n) is 27.8. The second-order valence-corrected chi connectivity index (χ2v) is 14.1. The first-order chi connectivity index (χ1) is 21.1. The van der Waals surface area contributed by atoms with Crippen LogP contribution in [0.2, 0.25) is 0 Å². The summed E-state index contributed by atoms with van der Waals surface area (Å²) in [5, 5.41) is 8.47. The molecule has 0 radical (unpaired) electrons. The standard InChI is InChI=1S/C34H49N5O6/c1-20(2)14-28-32-29(17-34(4,5)18-30(32)41)39(37-28)23-10-13-26(33(35)43)27(15-23)36-22-8-11-24(12-9-22)45-31(42)16-25(19-38(6)7)44-21(3)40/h10,13,15,20,22,24-25,36H,8-9,11-12,14,16-19H2,1-7H3,(H2,35,43). The number of nitrogens with one attached hydrogen (secondary N) is 1. The number of anilines is 1. The van der Waals surface area contributed by atoms with Crippen LogP contribution < -0.4 is 11.1 Å². The Morgan fingerprint density at radius 1 is 1.13 bits per heavy atom. The van der Waals surface area contributed by atoms with Crippen molar-refractivity contribution < 1.29 is 28.7 Å². The fourth-order valence-electron chi connectivity index (χ4n) is 6.52. The Morgan fingerprint density at radius 2 is 1.82 bits per heavy atom. The fraction of sp³-hybridized carbons (Fsp3) is 0.618. The Hall–Kier alpha value is -3.73. The molecule has 0 bridgehead atoms. The molecule has 1 aromatic carbocycles. The smallest absolute Gasteiger partial charge is 0.309 e. The van der Waals surface area contributed by atoms with Gasteiger partial charge < -0.3 is 25.4 Å². The van der Waals surface area contributed by atoms with Crippen LogP contribution in [0.4, 0.5) is 5.69 Å². The molecule has 1 atom stereocenters. The highest BCUT2D eigenvalue weighted by Crippen LogP contribution is 2.38. The zero-order valence-corrected chi connectivity index (χ0v) is 27.8. The van der Waals surface area contributed by atoms with Gasteiger partial charge in [0.2, 0.25) is 0 Å². The predicted molar refractivity (Wildman–Crippen MR) is 172 cm³/mol. The van der Waals surface area contributed by atoms with Crippen LogP contribution in [0.25, 0.3) is 5.69 Å². The van der Waals surface area contributed by atoms with Crippen molar-refractivity contribution >= 4 is 29.3 Å². The van der Waals surface area contributed by atoms with Gasteiger partial charge in [0.1, 0.15) is 12.2 Å². The van der Waals surface area contributed by atoms with Gasteiger partial charge in [0, 0.05) is 31.6 Å². The van der Waals surface area contributed by atoms with Gasteiger partial charge in [-0.3, -0.25) is 19.2 Å². The largest absolute Gasteiger partial charge is 0.462 e. The van der Waals surface area contributed by atoms with E-state index in [1.54, 1.807) is 6.07 Å². The van der Waals surface area contributed by atoms with Gasteiger partial charge in [-0.2, -0.15) is 5.10 Å². The average molecular weight is 624 g/mol. The lowest BCUT2D eigenvalue weighted by Gasteiger charge is -2.31. The molecule has 0 saturated heterocycles. The fourth-order valence-corrected chi connectivity index (χ4v) is 6.52. The molecule has 2 aliphatic carbocycles. The molecule has 11 heteroatoms. The van der Waals surface area contributed by atoms with E-state index in [9.17, 15) is 19.2 Å². The van der Waals surface area contributed by atoms with E-state index < -0.39 is 18.0 Å². The Kier molecular flexibility index (Phi) is 10.7. The van der Waals surface area contributed by atoms with Gasteiger partial charge >= 0.3 is 11.9 Å². The van der Waals surface area contributed by atoms with Crippen LogP contribution in [0.5, 0.6) is 0 Å². The van der Waals surface area contributed by atoms with Crippen LogP contribution in [0, 0.1) is 11.3 Å². The molecule has 1 heterocycles. The molecular formula is C34H49N5O6. The second kappa shape index (κ2) is 14.1. The number of fused-ring (bicyclic) bond motifs is 1. The van der Waals surface area contributed by atoms with E-state index in [-0.39, 0.29) is 35.7 Å². The summed E-state index contributed by atoms with van der Waals surface area (Å²) in [5.74, 6) is -0.874. The highest BCUT2D eigenvalue weighted by molar-refractivity contribution is 6.00. The van der Waals surface area contributed by atoms with Gasteiger partial charge in [0.15, 0.2) is 5.78 Å². The number of benzene rings is 1. The summed E-state index contributed by atoms with van der Waals surface area (Å²) >= 11 is 0. The van der Waals surface area contributed by atoms with Crippen molar-refractivity contribution in [2.75, 3.05) is 26.0 Å². The van der Waals surface area contributed by atoms with E-state index in [0.29, 0.717) is 49.4 Å². The van der Waals surface area contributed by atoms with Gasteiger partial charge in [-0.15, -0.1) is 0 Å². The number of amides is 1. The van der Waals surface area contributed by atoms with E-state index in [4.69, 9.17) is 20.3 Å². The number of ether oxygens (including phenoxy) is 2. The van der Waals surface area contributed by atoms with Gasteiger partial charge in [0.25, 0.3) is 5.91 Å². The average Bonchev–Trinajstić information content (AvgIpc) is 3.25. The minimum atomic E-state index is -0.562. The van der Waals surface area contributed by atoms with Crippen molar-refractivity contribution in [1.29, 1.82) is 0 Å². The molecule has 11 nitrogen and oxygen atoms in total. The number of likely N-dealkylation sites (N-methyl/N-ethyl adjacent to an activating group) is 1. The summed E-state index contributed by atoms with van der Waals surface area (Å²) in [6.45, 7) is 10.2. The second-order valence-electron chi connectivity index (χ2n) is 14.1. The van der Waals surface area contributed by atoms with E-state index in [1.165, 1.54) is 6.92 Å². The maximum atomic E-state index is 13.3. The van der Waals surface area contributed by atoms with E-state index in [2.05, 4.69) is 33.0 Å². The number of ketones is 1. The summed E-state index contributed by atoms with van der Waals surface area (Å²) in [7, 11) is 3.70.